The molecule has 0 saturated heterocycles. The number of thiophene rings is 1. The molecule has 1 aromatic heterocycles. The van der Waals surface area contributed by atoms with E-state index in [0.717, 1.165) is 24.0 Å². The lowest BCUT2D eigenvalue weighted by Gasteiger charge is -2.27. The summed E-state index contributed by atoms with van der Waals surface area (Å²) < 4.78 is 0. The Morgan fingerprint density at radius 3 is 2.19 bits per heavy atom. The number of hydrogen-bond donors (Lipinski definition) is 3. The van der Waals surface area contributed by atoms with Gasteiger partial charge >= 0.3 is 0 Å². The first-order valence-corrected chi connectivity index (χ1v) is 11.3. The zero-order chi connectivity index (χ0) is 23.8. The van der Waals surface area contributed by atoms with Crippen LogP contribution in [0.25, 0.3) is 0 Å². The van der Waals surface area contributed by atoms with Crippen LogP contribution in [0.2, 0.25) is 0 Å². The molecule has 0 aliphatic heterocycles. The number of benzene rings is 1. The molecule has 0 aliphatic carbocycles. The summed E-state index contributed by atoms with van der Waals surface area (Å²) in [7, 11) is 4.00. The molecule has 0 amide bonds. The number of aryl methyl sites for hydroxylation is 2. The lowest BCUT2D eigenvalue weighted by molar-refractivity contribution is 0.302. The van der Waals surface area contributed by atoms with Crippen LogP contribution in [0.4, 0.5) is 11.4 Å². The molecule has 6 nitrogen and oxygen atoms in total. The number of terminal acetylenes is 1. The standard InChI is InChI=1S/C23H29N3O3S.C2H2/c1-14-9-18(27)10-15(2)19(14)11-17(26(3)4)12-25-21-20(22(28)23(21)29)24-7-5-16-6-8-30-13-16;1-2/h6,8-10,13,17,24-25,27H,5,7,11-12H2,1-4H3;1-2H/t17-;/m0./s1. The van der Waals surface area contributed by atoms with E-state index >= 15 is 0 Å². The van der Waals surface area contributed by atoms with E-state index < -0.39 is 10.9 Å². The third kappa shape index (κ3) is 6.00. The highest BCUT2D eigenvalue weighted by Crippen LogP contribution is 2.23. The van der Waals surface area contributed by atoms with Gasteiger partial charge in [0.1, 0.15) is 17.1 Å². The maximum Gasteiger partial charge on any atom is 0.253 e. The smallest absolute Gasteiger partial charge is 0.253 e. The molecule has 0 bridgehead atoms. The Hall–Kier alpha value is -3.08. The van der Waals surface area contributed by atoms with Gasteiger partial charge in [-0.3, -0.25) is 9.59 Å². The van der Waals surface area contributed by atoms with E-state index in [1.54, 1.807) is 23.5 Å². The van der Waals surface area contributed by atoms with Gasteiger partial charge in [0.15, 0.2) is 0 Å². The van der Waals surface area contributed by atoms with Crippen molar-refractivity contribution < 1.29 is 5.11 Å². The van der Waals surface area contributed by atoms with Crippen molar-refractivity contribution in [1.82, 2.24) is 4.90 Å². The van der Waals surface area contributed by atoms with Crippen LogP contribution in [0.3, 0.4) is 0 Å². The van der Waals surface area contributed by atoms with E-state index in [0.29, 0.717) is 24.5 Å². The molecular weight excluding hydrogens is 422 g/mol. The number of aromatic hydroxyl groups is 1. The summed E-state index contributed by atoms with van der Waals surface area (Å²) >= 11 is 1.65. The molecule has 0 aliphatic rings. The van der Waals surface area contributed by atoms with Gasteiger partial charge in [-0.2, -0.15) is 11.3 Å². The van der Waals surface area contributed by atoms with Crippen LogP contribution in [-0.2, 0) is 12.8 Å². The summed E-state index contributed by atoms with van der Waals surface area (Å²) in [4.78, 5) is 26.2. The van der Waals surface area contributed by atoms with E-state index in [1.807, 2.05) is 33.3 Å². The molecule has 170 valence electrons. The van der Waals surface area contributed by atoms with Crippen LogP contribution in [0, 0.1) is 26.7 Å². The van der Waals surface area contributed by atoms with Crippen molar-refractivity contribution in [2.75, 3.05) is 37.8 Å². The van der Waals surface area contributed by atoms with Gasteiger partial charge in [-0.1, -0.05) is 0 Å². The molecule has 0 saturated carbocycles. The number of hydrogen-bond acceptors (Lipinski definition) is 7. The number of anilines is 2. The summed E-state index contributed by atoms with van der Waals surface area (Å²) in [6, 6.07) is 5.72. The van der Waals surface area contributed by atoms with Crippen molar-refractivity contribution in [2.24, 2.45) is 0 Å². The molecule has 2 aromatic carbocycles. The average Bonchev–Trinajstić information content (AvgIpc) is 3.27. The molecule has 32 heavy (non-hydrogen) atoms. The number of nitrogens with zero attached hydrogens (tertiary/aromatic N) is 1. The van der Waals surface area contributed by atoms with Gasteiger partial charge in [0.2, 0.25) is 0 Å². The fourth-order valence-corrected chi connectivity index (χ4v) is 4.38. The Kier molecular flexibility index (Phi) is 9.06. The van der Waals surface area contributed by atoms with Crippen LogP contribution in [0.15, 0.2) is 38.5 Å². The predicted octanol–water partition coefficient (Wildman–Crippen LogP) is 3.16. The quantitative estimate of drug-likeness (QED) is 0.323. The lowest BCUT2D eigenvalue weighted by atomic mass is 9.95. The number of nitrogens with one attached hydrogen (secondary N) is 2. The molecular formula is C25H31N3O3S. The Morgan fingerprint density at radius 2 is 1.66 bits per heavy atom. The first-order chi connectivity index (χ1) is 15.3. The highest BCUT2D eigenvalue weighted by Gasteiger charge is 2.22. The maximum absolute atomic E-state index is 12.1. The van der Waals surface area contributed by atoms with Crippen LogP contribution in [-0.4, -0.2) is 43.2 Å². The first-order valence-electron chi connectivity index (χ1n) is 10.4. The molecule has 1 atom stereocenters. The van der Waals surface area contributed by atoms with E-state index in [-0.39, 0.29) is 11.8 Å². The van der Waals surface area contributed by atoms with Crippen molar-refractivity contribution >= 4 is 22.7 Å². The van der Waals surface area contributed by atoms with E-state index in [9.17, 15) is 14.7 Å². The second kappa shape index (κ2) is 11.5. The van der Waals surface area contributed by atoms with Crippen molar-refractivity contribution in [2.45, 2.75) is 32.7 Å². The van der Waals surface area contributed by atoms with E-state index in [1.165, 1.54) is 11.1 Å². The van der Waals surface area contributed by atoms with Gasteiger partial charge in [0, 0.05) is 19.1 Å². The summed E-state index contributed by atoms with van der Waals surface area (Å²) in [6.07, 6.45) is 9.58. The van der Waals surface area contributed by atoms with Crippen LogP contribution < -0.4 is 21.5 Å². The Bertz CT molecular complexity index is 1090. The van der Waals surface area contributed by atoms with Crippen molar-refractivity contribution in [1.29, 1.82) is 0 Å². The SMILES string of the molecule is C#C.Cc1cc(O)cc(C)c1C[C@@H](CNc1c(NCCc2ccsc2)c(=O)c1=O)N(C)C. The van der Waals surface area contributed by atoms with Crippen molar-refractivity contribution in [3.8, 4) is 18.6 Å². The Labute approximate surface area is 193 Å². The van der Waals surface area contributed by atoms with Gasteiger partial charge in [0.25, 0.3) is 10.9 Å². The molecule has 0 radical (unpaired) electrons. The Balaban J connectivity index is 0.00000176. The summed E-state index contributed by atoms with van der Waals surface area (Å²) in [6.45, 7) is 5.14. The molecule has 1 heterocycles. The van der Waals surface area contributed by atoms with Crippen LogP contribution >= 0.6 is 11.3 Å². The van der Waals surface area contributed by atoms with Gasteiger partial charge < -0.3 is 20.6 Å². The van der Waals surface area contributed by atoms with Gasteiger partial charge in [-0.05, 0) is 92.0 Å². The fourth-order valence-electron chi connectivity index (χ4n) is 3.68. The van der Waals surface area contributed by atoms with Crippen molar-refractivity contribution in [3.63, 3.8) is 0 Å². The third-order valence-electron chi connectivity index (χ3n) is 5.57. The molecule has 3 rings (SSSR count). The van der Waals surface area contributed by atoms with E-state index in [2.05, 4.69) is 39.8 Å². The number of phenols is 1. The minimum atomic E-state index is -0.456. The largest absolute Gasteiger partial charge is 0.508 e. The maximum atomic E-state index is 12.1. The Morgan fingerprint density at radius 1 is 1.06 bits per heavy atom. The minimum Gasteiger partial charge on any atom is -0.508 e. The highest BCUT2D eigenvalue weighted by atomic mass is 32.1. The van der Waals surface area contributed by atoms with Crippen LogP contribution in [0.5, 0.6) is 5.75 Å². The first kappa shape index (κ1) is 25.2. The summed E-state index contributed by atoms with van der Waals surface area (Å²) in [5.74, 6) is 0.273. The van der Waals surface area contributed by atoms with Crippen LogP contribution in [0.1, 0.15) is 22.3 Å². The fraction of sp³-hybridized carbons (Fsp3) is 0.360. The molecule has 0 fully saturated rings. The van der Waals surface area contributed by atoms with Gasteiger partial charge in [-0.15, -0.1) is 12.8 Å². The minimum absolute atomic E-state index is 0.120. The third-order valence-corrected chi connectivity index (χ3v) is 6.30. The second-order valence-corrected chi connectivity index (χ2v) is 8.76. The second-order valence-electron chi connectivity index (χ2n) is 7.98. The molecule has 3 aromatic rings. The number of phenolic OH excluding ortho intramolecular Hbond substituents is 1. The normalized spacial score (nSPS) is 11.7. The summed E-state index contributed by atoms with van der Waals surface area (Å²) in [5.41, 5.74) is 4.37. The predicted molar refractivity (Wildman–Crippen MR) is 135 cm³/mol. The zero-order valence-electron chi connectivity index (χ0n) is 19.1. The highest BCUT2D eigenvalue weighted by molar-refractivity contribution is 7.07. The summed E-state index contributed by atoms with van der Waals surface area (Å²) in [5, 5.41) is 20.2. The molecule has 7 heteroatoms. The number of likely N-dealkylation sites (N-methyl/N-ethyl adjacent to an activating group) is 1. The van der Waals surface area contributed by atoms with Gasteiger partial charge in [-0.25, -0.2) is 0 Å². The average molecular weight is 454 g/mol. The molecule has 3 N–H and O–H groups in total. The molecule has 0 unspecified atom stereocenters. The van der Waals surface area contributed by atoms with Gasteiger partial charge in [0.05, 0.1) is 0 Å². The lowest BCUT2D eigenvalue weighted by Crippen LogP contribution is -2.42. The number of rotatable bonds is 10. The zero-order valence-corrected chi connectivity index (χ0v) is 19.9. The topological polar surface area (TPSA) is 81.7 Å². The molecule has 0 spiro atoms. The monoisotopic (exact) mass is 453 g/mol. The van der Waals surface area contributed by atoms with E-state index in [4.69, 9.17) is 0 Å². The van der Waals surface area contributed by atoms with Crippen molar-refractivity contribution in [3.05, 3.63) is 71.7 Å².